The minimum Gasteiger partial charge on any atom is -0.492 e. The summed E-state index contributed by atoms with van der Waals surface area (Å²) in [4.78, 5) is 13.0. The summed E-state index contributed by atoms with van der Waals surface area (Å²) in [6.07, 6.45) is 4.34. The van der Waals surface area contributed by atoms with Gasteiger partial charge in [0.2, 0.25) is 0 Å². The number of rotatable bonds is 7. The smallest absolute Gasteiger partial charge is 0.256 e. The average Bonchev–Trinajstić information content (AvgIpc) is 2.63. The number of ether oxygens (including phenoxy) is 2. The molecule has 2 rings (SSSR count). The maximum Gasteiger partial charge on any atom is 0.256 e. The van der Waals surface area contributed by atoms with Crippen LogP contribution in [-0.2, 0) is 9.53 Å². The second-order valence-electron chi connectivity index (χ2n) is 6.74. The molecule has 136 valence electrons. The Hall–Kier alpha value is -2.06. The van der Waals surface area contributed by atoms with Crippen LogP contribution in [-0.4, -0.2) is 24.7 Å². The third-order valence-electron chi connectivity index (χ3n) is 4.74. The highest BCUT2D eigenvalue weighted by Crippen LogP contribution is 2.36. The van der Waals surface area contributed by atoms with Gasteiger partial charge in [-0.05, 0) is 63.1 Å². The molecule has 0 saturated heterocycles. The topological polar surface area (TPSA) is 71.3 Å². The van der Waals surface area contributed by atoms with E-state index in [9.17, 15) is 10.1 Å². The Morgan fingerprint density at radius 3 is 2.68 bits per heavy atom. The third kappa shape index (κ3) is 4.73. The van der Waals surface area contributed by atoms with E-state index in [4.69, 9.17) is 9.47 Å². The molecule has 0 unspecified atom stereocenters. The van der Waals surface area contributed by atoms with Gasteiger partial charge in [-0.15, -0.1) is 0 Å². The molecule has 0 aromatic heterocycles. The summed E-state index contributed by atoms with van der Waals surface area (Å²) in [5, 5.41) is 12.2. The second-order valence-corrected chi connectivity index (χ2v) is 6.74. The molecule has 1 aromatic rings. The summed E-state index contributed by atoms with van der Waals surface area (Å²) in [7, 11) is 0. The van der Waals surface area contributed by atoms with Gasteiger partial charge in [-0.3, -0.25) is 4.79 Å². The molecule has 1 fully saturated rings. The first-order chi connectivity index (χ1) is 12.0. The second kappa shape index (κ2) is 8.87. The van der Waals surface area contributed by atoms with E-state index in [1.165, 1.54) is 0 Å². The van der Waals surface area contributed by atoms with E-state index >= 15 is 0 Å². The van der Waals surface area contributed by atoms with Crippen LogP contribution in [0.1, 0.15) is 58.4 Å². The van der Waals surface area contributed by atoms with Crippen LogP contribution in [0.2, 0.25) is 0 Å². The Morgan fingerprint density at radius 1 is 1.36 bits per heavy atom. The molecule has 0 radical (unpaired) electrons. The number of amides is 1. The summed E-state index contributed by atoms with van der Waals surface area (Å²) < 4.78 is 11.4. The highest BCUT2D eigenvalue weighted by molar-refractivity contribution is 5.97. The molecule has 1 aliphatic rings. The van der Waals surface area contributed by atoms with Crippen molar-refractivity contribution in [3.8, 4) is 11.8 Å². The standard InChI is InChI=1S/C20H28N2O3/c1-4-12-25-20(10-8-15(3)9-11-20)19(23)22-17-6-7-18(24-5-2)16(13-17)14-21/h6-7,13,15H,4-5,8-12H2,1-3H3,(H,22,23). The van der Waals surface area contributed by atoms with Crippen molar-refractivity contribution in [1.82, 2.24) is 0 Å². The summed E-state index contributed by atoms with van der Waals surface area (Å²) in [6, 6.07) is 7.26. The minimum absolute atomic E-state index is 0.110. The largest absolute Gasteiger partial charge is 0.492 e. The van der Waals surface area contributed by atoms with E-state index in [0.29, 0.717) is 36.1 Å². The SMILES string of the molecule is CCCOC1(C(=O)Nc2ccc(OCC)c(C#N)c2)CCC(C)CC1. The zero-order valence-electron chi connectivity index (χ0n) is 15.4. The third-order valence-corrected chi connectivity index (χ3v) is 4.74. The van der Waals surface area contributed by atoms with Crippen LogP contribution >= 0.6 is 0 Å². The predicted octanol–water partition coefficient (Wildman–Crippen LogP) is 4.27. The van der Waals surface area contributed by atoms with E-state index in [1.807, 2.05) is 13.8 Å². The number of carbonyl (C=O) groups is 1. The summed E-state index contributed by atoms with van der Waals surface area (Å²) in [5.41, 5.74) is 0.261. The maximum absolute atomic E-state index is 13.0. The lowest BCUT2D eigenvalue weighted by Gasteiger charge is -2.38. The van der Waals surface area contributed by atoms with Gasteiger partial charge in [-0.1, -0.05) is 13.8 Å². The molecule has 1 amide bonds. The minimum atomic E-state index is -0.756. The molecule has 5 nitrogen and oxygen atoms in total. The number of nitrogens with zero attached hydrogens (tertiary/aromatic N) is 1. The number of hydrogen-bond acceptors (Lipinski definition) is 4. The quantitative estimate of drug-likeness (QED) is 0.802. The Labute approximate surface area is 150 Å². The van der Waals surface area contributed by atoms with Crippen LogP contribution < -0.4 is 10.1 Å². The number of nitrogens with one attached hydrogen (secondary N) is 1. The summed E-state index contributed by atoms with van der Waals surface area (Å²) >= 11 is 0. The van der Waals surface area contributed by atoms with Crippen molar-refractivity contribution in [2.75, 3.05) is 18.5 Å². The van der Waals surface area contributed by atoms with Crippen molar-refractivity contribution in [3.63, 3.8) is 0 Å². The van der Waals surface area contributed by atoms with Gasteiger partial charge < -0.3 is 14.8 Å². The fourth-order valence-electron chi connectivity index (χ4n) is 3.18. The van der Waals surface area contributed by atoms with Crippen LogP contribution in [0.15, 0.2) is 18.2 Å². The average molecular weight is 344 g/mol. The van der Waals surface area contributed by atoms with Crippen LogP contribution in [0.3, 0.4) is 0 Å². The van der Waals surface area contributed by atoms with Gasteiger partial charge >= 0.3 is 0 Å². The fraction of sp³-hybridized carbons (Fsp3) is 0.600. The van der Waals surface area contributed by atoms with E-state index in [-0.39, 0.29) is 5.91 Å². The maximum atomic E-state index is 13.0. The highest BCUT2D eigenvalue weighted by Gasteiger charge is 2.42. The van der Waals surface area contributed by atoms with Crippen molar-refractivity contribution >= 4 is 11.6 Å². The van der Waals surface area contributed by atoms with Gasteiger partial charge in [0.05, 0.1) is 12.2 Å². The molecule has 0 heterocycles. The van der Waals surface area contributed by atoms with Gasteiger partial charge in [0.25, 0.3) is 5.91 Å². The first kappa shape index (κ1) is 19.3. The van der Waals surface area contributed by atoms with Gasteiger partial charge in [0, 0.05) is 12.3 Å². The number of carbonyl (C=O) groups excluding carboxylic acids is 1. The molecular weight excluding hydrogens is 316 g/mol. The number of benzene rings is 1. The van der Waals surface area contributed by atoms with Crippen LogP contribution in [0.25, 0.3) is 0 Å². The Bertz CT molecular complexity index is 623. The molecule has 0 aliphatic heterocycles. The Balaban J connectivity index is 2.16. The van der Waals surface area contributed by atoms with E-state index in [0.717, 1.165) is 32.1 Å². The molecule has 1 saturated carbocycles. The molecule has 1 aliphatic carbocycles. The predicted molar refractivity (Wildman–Crippen MR) is 97.6 cm³/mol. The first-order valence-corrected chi connectivity index (χ1v) is 9.17. The molecule has 1 N–H and O–H groups in total. The number of nitriles is 1. The van der Waals surface area contributed by atoms with Crippen molar-refractivity contribution < 1.29 is 14.3 Å². The van der Waals surface area contributed by atoms with Gasteiger partial charge in [-0.25, -0.2) is 0 Å². The van der Waals surface area contributed by atoms with Gasteiger partial charge in [-0.2, -0.15) is 5.26 Å². The number of hydrogen-bond donors (Lipinski definition) is 1. The van der Waals surface area contributed by atoms with E-state index in [2.05, 4.69) is 18.3 Å². The van der Waals surface area contributed by atoms with Gasteiger partial charge in [0.1, 0.15) is 17.4 Å². The van der Waals surface area contributed by atoms with Crippen LogP contribution in [0.4, 0.5) is 5.69 Å². The van der Waals surface area contributed by atoms with Crippen LogP contribution in [0, 0.1) is 17.2 Å². The normalized spacial score (nSPS) is 22.9. The fourth-order valence-corrected chi connectivity index (χ4v) is 3.18. The molecule has 1 aromatic carbocycles. The van der Waals surface area contributed by atoms with Crippen LogP contribution in [0.5, 0.6) is 5.75 Å². The van der Waals surface area contributed by atoms with Crippen molar-refractivity contribution in [2.24, 2.45) is 5.92 Å². The first-order valence-electron chi connectivity index (χ1n) is 9.17. The Kier molecular flexibility index (Phi) is 6.83. The lowest BCUT2D eigenvalue weighted by atomic mass is 9.78. The molecular formula is C20H28N2O3. The Morgan fingerprint density at radius 2 is 2.08 bits per heavy atom. The lowest BCUT2D eigenvalue weighted by Crippen LogP contribution is -2.48. The summed E-state index contributed by atoms with van der Waals surface area (Å²) in [5.74, 6) is 1.05. The molecule has 0 bridgehead atoms. The van der Waals surface area contributed by atoms with Crippen molar-refractivity contribution in [2.45, 2.75) is 58.5 Å². The molecule has 0 atom stereocenters. The highest BCUT2D eigenvalue weighted by atomic mass is 16.5. The van der Waals surface area contributed by atoms with E-state index in [1.54, 1.807) is 18.2 Å². The summed E-state index contributed by atoms with van der Waals surface area (Å²) in [6.45, 7) is 7.20. The zero-order chi connectivity index (χ0) is 18.3. The van der Waals surface area contributed by atoms with E-state index < -0.39 is 5.60 Å². The lowest BCUT2D eigenvalue weighted by molar-refractivity contribution is -0.147. The number of anilines is 1. The van der Waals surface area contributed by atoms with Gasteiger partial charge in [0.15, 0.2) is 0 Å². The van der Waals surface area contributed by atoms with Crippen molar-refractivity contribution in [3.05, 3.63) is 23.8 Å². The monoisotopic (exact) mass is 344 g/mol. The zero-order valence-corrected chi connectivity index (χ0v) is 15.4. The molecule has 5 heteroatoms. The van der Waals surface area contributed by atoms with Crippen molar-refractivity contribution in [1.29, 1.82) is 5.26 Å². The molecule has 0 spiro atoms. The molecule has 25 heavy (non-hydrogen) atoms.